The minimum Gasteiger partial charge on any atom is -0.442 e. The lowest BCUT2D eigenvalue weighted by Crippen LogP contribution is -2.25. The van der Waals surface area contributed by atoms with Gasteiger partial charge in [0.05, 0.1) is 5.69 Å². The fourth-order valence-corrected chi connectivity index (χ4v) is 5.26. The molecule has 1 amide bonds. The van der Waals surface area contributed by atoms with Crippen molar-refractivity contribution in [1.29, 1.82) is 0 Å². The molecule has 3 atom stereocenters. The minimum absolute atomic E-state index is 0.347. The molecule has 4 aromatic rings. The van der Waals surface area contributed by atoms with E-state index in [2.05, 4.69) is 36.3 Å². The number of rotatable bonds is 16. The van der Waals surface area contributed by atoms with Gasteiger partial charge in [0.25, 0.3) is 0 Å². The normalized spacial score (nSPS) is 13.1. The van der Waals surface area contributed by atoms with Gasteiger partial charge in [-0.05, 0) is 61.9 Å². The van der Waals surface area contributed by atoms with E-state index in [0.29, 0.717) is 30.3 Å². The first-order chi connectivity index (χ1) is 20.9. The zero-order valence-electron chi connectivity index (χ0n) is 24.4. The smallest absolute Gasteiger partial charge is 0.407 e. The van der Waals surface area contributed by atoms with Gasteiger partial charge in [-0.15, -0.1) is 15.3 Å². The number of aryl methyl sites for hydroxylation is 2. The molecule has 43 heavy (non-hydrogen) atoms. The summed E-state index contributed by atoms with van der Waals surface area (Å²) in [4.78, 5) is 11.7. The molecule has 12 heteroatoms. The molecule has 5 N–H and O–H groups in total. The Hall–Kier alpha value is -4.13. The summed E-state index contributed by atoms with van der Waals surface area (Å²) in [6, 6.07) is 21.1. The van der Waals surface area contributed by atoms with Gasteiger partial charge in [-0.2, -0.15) is 5.10 Å². The van der Waals surface area contributed by atoms with Crippen LogP contribution < -0.4 is 16.0 Å². The number of aliphatic hydroxyl groups excluding tert-OH is 2. The highest BCUT2D eigenvalue weighted by molar-refractivity contribution is 7.15. The number of hydrogen-bond donors (Lipinski definition) is 5. The molecule has 0 fully saturated rings. The van der Waals surface area contributed by atoms with Crippen LogP contribution in [0.1, 0.15) is 60.2 Å². The van der Waals surface area contributed by atoms with Crippen LogP contribution >= 0.6 is 11.3 Å². The molecule has 0 saturated heterocycles. The number of aromatic nitrogens is 4. The molecule has 228 valence electrons. The third-order valence-electron chi connectivity index (χ3n) is 6.59. The van der Waals surface area contributed by atoms with E-state index in [-0.39, 0.29) is 0 Å². The van der Waals surface area contributed by atoms with Crippen LogP contribution in [-0.4, -0.2) is 55.7 Å². The number of nitrogens with zero attached hydrogens (tertiary/aromatic N) is 4. The number of anilines is 2. The molecule has 0 saturated carbocycles. The first-order valence-corrected chi connectivity index (χ1v) is 15.3. The molecule has 11 nitrogen and oxygen atoms in total. The van der Waals surface area contributed by atoms with Crippen LogP contribution in [0.4, 0.5) is 15.7 Å². The lowest BCUT2D eigenvalue weighted by atomic mass is 10.0. The number of nitrogens with one attached hydrogen (secondary N) is 3. The molecule has 2 heterocycles. The highest BCUT2D eigenvalue weighted by Gasteiger charge is 2.14. The van der Waals surface area contributed by atoms with Crippen molar-refractivity contribution in [2.45, 2.75) is 70.9 Å². The Morgan fingerprint density at radius 1 is 0.860 bits per heavy atom. The van der Waals surface area contributed by atoms with Crippen LogP contribution in [0, 0.1) is 0 Å². The topological polar surface area (TPSA) is 154 Å². The van der Waals surface area contributed by atoms with Gasteiger partial charge in [-0.3, -0.25) is 0 Å². The lowest BCUT2D eigenvalue weighted by molar-refractivity contribution is 0.107. The number of aliphatic hydroxyl groups is 2. The first kappa shape index (κ1) is 31.8. The van der Waals surface area contributed by atoms with Crippen molar-refractivity contribution in [3.8, 4) is 0 Å². The summed E-state index contributed by atoms with van der Waals surface area (Å²) >= 11 is 1.46. The van der Waals surface area contributed by atoms with Crippen molar-refractivity contribution >= 4 is 28.4 Å². The summed E-state index contributed by atoms with van der Waals surface area (Å²) in [5.41, 5.74) is 3.67. The van der Waals surface area contributed by atoms with Crippen molar-refractivity contribution < 1.29 is 19.7 Å². The Bertz CT molecular complexity index is 1400. The van der Waals surface area contributed by atoms with Crippen LogP contribution in [0.2, 0.25) is 0 Å². The van der Waals surface area contributed by atoms with Gasteiger partial charge in [-0.25, -0.2) is 4.79 Å². The Morgan fingerprint density at radius 2 is 1.60 bits per heavy atom. The van der Waals surface area contributed by atoms with Crippen molar-refractivity contribution in [2.75, 3.05) is 17.2 Å². The highest BCUT2D eigenvalue weighted by Crippen LogP contribution is 2.20. The summed E-state index contributed by atoms with van der Waals surface area (Å²) in [5, 5.41) is 47.9. The summed E-state index contributed by atoms with van der Waals surface area (Å²) in [5.74, 6) is 0.490. The third-order valence-corrected chi connectivity index (χ3v) is 7.51. The van der Waals surface area contributed by atoms with E-state index < -0.39 is 24.7 Å². The monoisotopic (exact) mass is 605 g/mol. The van der Waals surface area contributed by atoms with Gasteiger partial charge >= 0.3 is 6.09 Å². The van der Waals surface area contributed by atoms with Gasteiger partial charge in [-0.1, -0.05) is 65.9 Å². The molecule has 0 aliphatic rings. The Morgan fingerprint density at radius 3 is 2.37 bits per heavy atom. The fraction of sp³-hybridized carbons (Fsp3) is 0.387. The van der Waals surface area contributed by atoms with Gasteiger partial charge in [0, 0.05) is 25.8 Å². The second kappa shape index (κ2) is 16.5. The Balaban J connectivity index is 1.15. The van der Waals surface area contributed by atoms with E-state index >= 15 is 0 Å². The van der Waals surface area contributed by atoms with Crippen molar-refractivity contribution in [3.05, 3.63) is 94.1 Å². The van der Waals surface area contributed by atoms with E-state index in [4.69, 9.17) is 4.74 Å². The van der Waals surface area contributed by atoms with E-state index in [1.165, 1.54) is 11.3 Å². The largest absolute Gasteiger partial charge is 0.442 e. The molecule has 0 aliphatic carbocycles. The molecule has 2 aromatic heterocycles. The Kier molecular flexibility index (Phi) is 12.2. The number of hydrogen-bond acceptors (Lipinski definition) is 11. The van der Waals surface area contributed by atoms with Crippen molar-refractivity contribution in [3.63, 3.8) is 0 Å². The number of ether oxygens (including phenoxy) is 1. The first-order valence-electron chi connectivity index (χ1n) is 14.5. The molecular formula is C31H39N7O4S. The number of benzene rings is 2. The van der Waals surface area contributed by atoms with E-state index in [1.54, 1.807) is 0 Å². The van der Waals surface area contributed by atoms with Crippen molar-refractivity contribution in [1.82, 2.24) is 25.7 Å². The number of alkyl carbamates (subject to hydrolysis) is 1. The second-order valence-corrected chi connectivity index (χ2v) is 11.2. The van der Waals surface area contributed by atoms with Crippen molar-refractivity contribution in [2.24, 2.45) is 0 Å². The average Bonchev–Trinajstić information content (AvgIpc) is 3.43. The average molecular weight is 606 g/mol. The molecular weight excluding hydrogens is 566 g/mol. The zero-order valence-corrected chi connectivity index (χ0v) is 25.3. The highest BCUT2D eigenvalue weighted by atomic mass is 32.1. The van der Waals surface area contributed by atoms with Crippen LogP contribution in [0.25, 0.3) is 0 Å². The van der Waals surface area contributed by atoms with Gasteiger partial charge in [0.1, 0.15) is 23.6 Å². The summed E-state index contributed by atoms with van der Waals surface area (Å²) in [6.45, 7) is 4.14. The summed E-state index contributed by atoms with van der Waals surface area (Å²) in [6.07, 6.45) is 1.81. The zero-order chi connectivity index (χ0) is 30.4. The molecule has 0 bridgehead atoms. The fourth-order valence-electron chi connectivity index (χ4n) is 4.43. The molecule has 2 aromatic carbocycles. The maximum atomic E-state index is 11.7. The minimum atomic E-state index is -0.860. The summed E-state index contributed by atoms with van der Waals surface area (Å²) in [7, 11) is 0. The SMILES string of the molecule is CCNC(=O)OC(C)c1cccc(CC(O)Nc2ccc(CCCCc3nnc(NC(O)Cc4ccccc4)s3)nn2)c1. The van der Waals surface area contributed by atoms with Crippen LogP contribution in [-0.2, 0) is 30.4 Å². The molecule has 0 spiro atoms. The molecule has 0 radical (unpaired) electrons. The maximum Gasteiger partial charge on any atom is 0.407 e. The standard InChI is InChI=1S/C31H39N7O4S/c1-3-32-31(41)42-21(2)24-13-9-12-23(18-24)20-27(39)33-26-17-16-25(35-36-26)14-7-8-15-29-37-38-30(43-29)34-28(40)19-22-10-5-4-6-11-22/h4-6,9-13,16-18,21,27-28,39-40H,3,7-8,14-15,19-20H2,1-2H3,(H,32,41)(H,33,36)(H,34,38). The predicted octanol–water partition coefficient (Wildman–Crippen LogP) is 4.65. The third kappa shape index (κ3) is 10.9. The molecule has 0 aliphatic heterocycles. The second-order valence-electron chi connectivity index (χ2n) is 10.2. The lowest BCUT2D eigenvalue weighted by Gasteiger charge is -2.17. The maximum absolute atomic E-state index is 11.7. The van der Waals surface area contributed by atoms with E-state index in [1.807, 2.05) is 80.6 Å². The molecule has 4 rings (SSSR count). The van der Waals surface area contributed by atoms with Gasteiger partial charge in [0.2, 0.25) is 5.13 Å². The predicted molar refractivity (Wildman–Crippen MR) is 167 cm³/mol. The number of amides is 1. The van der Waals surface area contributed by atoms with Crippen LogP contribution in [0.15, 0.2) is 66.7 Å². The molecule has 3 unspecified atom stereocenters. The number of carbonyl (C=O) groups excluding carboxylic acids is 1. The number of unbranched alkanes of at least 4 members (excludes halogenated alkanes) is 1. The van der Waals surface area contributed by atoms with E-state index in [9.17, 15) is 15.0 Å². The Labute approximate surface area is 255 Å². The number of carbonyl (C=O) groups is 1. The van der Waals surface area contributed by atoms with E-state index in [0.717, 1.165) is 53.1 Å². The van der Waals surface area contributed by atoms with Gasteiger partial charge in [0.15, 0.2) is 5.82 Å². The van der Waals surface area contributed by atoms with Crippen LogP contribution in [0.5, 0.6) is 0 Å². The summed E-state index contributed by atoms with van der Waals surface area (Å²) < 4.78 is 5.37. The van der Waals surface area contributed by atoms with Crippen LogP contribution in [0.3, 0.4) is 0 Å². The quantitative estimate of drug-likeness (QED) is 0.0901. The van der Waals surface area contributed by atoms with Gasteiger partial charge < -0.3 is 30.9 Å².